The van der Waals surface area contributed by atoms with Gasteiger partial charge in [0, 0.05) is 12.2 Å². The fourth-order valence-corrected chi connectivity index (χ4v) is 3.72. The molecule has 0 saturated carbocycles. The zero-order valence-corrected chi connectivity index (χ0v) is 17.5. The summed E-state index contributed by atoms with van der Waals surface area (Å²) >= 11 is 12.0. The van der Waals surface area contributed by atoms with Crippen molar-refractivity contribution in [1.82, 2.24) is 25.5 Å². The van der Waals surface area contributed by atoms with Gasteiger partial charge in [0.1, 0.15) is 5.92 Å². The summed E-state index contributed by atoms with van der Waals surface area (Å²) in [4.78, 5) is 27.2. The average molecular weight is 445 g/mol. The zero-order chi connectivity index (χ0) is 21.3. The van der Waals surface area contributed by atoms with E-state index in [0.29, 0.717) is 34.5 Å². The number of hydrogen-bond acceptors (Lipinski definition) is 5. The van der Waals surface area contributed by atoms with Crippen molar-refractivity contribution in [1.29, 1.82) is 0 Å². The van der Waals surface area contributed by atoms with Gasteiger partial charge in [0.25, 0.3) is 0 Å². The maximum Gasteiger partial charge on any atom is 0.239 e. The van der Waals surface area contributed by atoms with E-state index in [1.165, 1.54) is 0 Å². The molecule has 1 aliphatic rings. The number of hydrogen-bond donors (Lipinski definition) is 1. The third-order valence-electron chi connectivity index (χ3n) is 4.98. The maximum atomic E-state index is 12.8. The van der Waals surface area contributed by atoms with Crippen LogP contribution in [0.1, 0.15) is 25.2 Å². The van der Waals surface area contributed by atoms with Crippen LogP contribution in [0, 0.1) is 5.92 Å². The predicted molar refractivity (Wildman–Crippen MR) is 113 cm³/mol. The average Bonchev–Trinajstić information content (AvgIpc) is 3.38. The number of carbonyl (C=O) groups excluding carboxylic acids is 2. The van der Waals surface area contributed by atoms with Crippen LogP contribution in [-0.4, -0.2) is 38.6 Å². The number of halogens is 2. The van der Waals surface area contributed by atoms with Crippen molar-refractivity contribution in [3.05, 3.63) is 64.4 Å². The molecule has 3 aromatic rings. The Morgan fingerprint density at radius 1 is 1.13 bits per heavy atom. The second kappa shape index (κ2) is 8.41. The lowest BCUT2D eigenvalue weighted by molar-refractivity contribution is -0.132. The minimum Gasteiger partial charge on any atom is -0.346 e. The Bertz CT molecular complexity index is 1090. The van der Waals surface area contributed by atoms with E-state index in [-0.39, 0.29) is 11.8 Å². The topological polar surface area (TPSA) is 93.0 Å². The van der Waals surface area contributed by atoms with Crippen molar-refractivity contribution in [3.63, 3.8) is 0 Å². The predicted octanol–water partition coefficient (Wildman–Crippen LogP) is 3.20. The van der Waals surface area contributed by atoms with Crippen molar-refractivity contribution in [2.24, 2.45) is 5.92 Å². The van der Waals surface area contributed by atoms with E-state index in [1.54, 1.807) is 34.7 Å². The summed E-state index contributed by atoms with van der Waals surface area (Å²) in [6.45, 7) is 2.20. The van der Waals surface area contributed by atoms with Gasteiger partial charge in [-0.05, 0) is 54.1 Å². The van der Waals surface area contributed by atoms with Gasteiger partial charge in [0.15, 0.2) is 5.82 Å². The molecule has 0 spiro atoms. The number of rotatable bonds is 5. The van der Waals surface area contributed by atoms with Crippen LogP contribution in [-0.2, 0) is 9.59 Å². The molecule has 1 N–H and O–H groups in total. The maximum absolute atomic E-state index is 12.8. The first-order valence-corrected chi connectivity index (χ1v) is 10.1. The van der Waals surface area contributed by atoms with Crippen molar-refractivity contribution in [3.8, 4) is 5.69 Å². The van der Waals surface area contributed by atoms with Crippen LogP contribution in [0.2, 0.25) is 10.0 Å². The molecule has 30 heavy (non-hydrogen) atoms. The fourth-order valence-electron chi connectivity index (χ4n) is 3.43. The van der Waals surface area contributed by atoms with E-state index >= 15 is 0 Å². The molecule has 154 valence electrons. The number of tetrazole rings is 1. The molecular formula is C20H18Cl2N6O2. The van der Waals surface area contributed by atoms with Crippen LogP contribution in [0.3, 0.4) is 0 Å². The largest absolute Gasteiger partial charge is 0.346 e. The van der Waals surface area contributed by atoms with Gasteiger partial charge >= 0.3 is 0 Å². The lowest BCUT2D eigenvalue weighted by Gasteiger charge is -2.18. The van der Waals surface area contributed by atoms with Gasteiger partial charge < -0.3 is 10.2 Å². The Kier molecular flexibility index (Phi) is 5.69. The normalized spacial score (nSPS) is 17.2. The molecule has 2 unspecified atom stereocenters. The molecule has 1 aliphatic heterocycles. The molecule has 0 aliphatic carbocycles. The summed E-state index contributed by atoms with van der Waals surface area (Å²) in [5, 5.41) is 15.4. The summed E-state index contributed by atoms with van der Waals surface area (Å²) in [5.74, 6) is -0.956. The molecule has 2 heterocycles. The molecule has 2 atom stereocenters. The first-order valence-electron chi connectivity index (χ1n) is 9.36. The first-order chi connectivity index (χ1) is 14.5. The molecular weight excluding hydrogens is 427 g/mol. The Labute approximate surface area is 182 Å². The number of aromatic nitrogens is 4. The SMILES string of the molecule is CC(NC(=O)C1CCN(c2ccc(Cl)c(Cl)c2)C1=O)c1nnnn1-c1ccccc1. The molecule has 2 aromatic carbocycles. The molecule has 2 amide bonds. The van der Waals surface area contributed by atoms with Crippen LogP contribution in [0.25, 0.3) is 5.69 Å². The van der Waals surface area contributed by atoms with Gasteiger partial charge in [0.2, 0.25) is 11.8 Å². The summed E-state index contributed by atoms with van der Waals surface area (Å²) < 4.78 is 1.56. The Morgan fingerprint density at radius 3 is 2.63 bits per heavy atom. The number of nitrogens with one attached hydrogen (secondary N) is 1. The van der Waals surface area contributed by atoms with Crippen LogP contribution < -0.4 is 10.2 Å². The molecule has 8 nitrogen and oxygen atoms in total. The van der Waals surface area contributed by atoms with E-state index in [1.807, 2.05) is 30.3 Å². The van der Waals surface area contributed by atoms with E-state index in [0.717, 1.165) is 5.69 Å². The molecule has 0 bridgehead atoms. The first kappa shape index (κ1) is 20.3. The Balaban J connectivity index is 1.47. The highest BCUT2D eigenvalue weighted by Gasteiger charge is 2.38. The fraction of sp³-hybridized carbons (Fsp3) is 0.250. The van der Waals surface area contributed by atoms with Crippen LogP contribution in [0.4, 0.5) is 5.69 Å². The van der Waals surface area contributed by atoms with Gasteiger partial charge in [-0.3, -0.25) is 9.59 Å². The lowest BCUT2D eigenvalue weighted by atomic mass is 10.1. The molecule has 1 fully saturated rings. The molecule has 0 radical (unpaired) electrons. The zero-order valence-electron chi connectivity index (χ0n) is 16.0. The minimum absolute atomic E-state index is 0.277. The number of para-hydroxylation sites is 1. The number of anilines is 1. The number of amides is 2. The smallest absolute Gasteiger partial charge is 0.239 e. The third kappa shape index (κ3) is 3.88. The van der Waals surface area contributed by atoms with E-state index in [9.17, 15) is 9.59 Å². The van der Waals surface area contributed by atoms with Gasteiger partial charge in [0.05, 0.1) is 21.8 Å². The van der Waals surface area contributed by atoms with E-state index in [2.05, 4.69) is 20.8 Å². The summed E-state index contributed by atoms with van der Waals surface area (Å²) in [6, 6.07) is 13.8. The molecule has 4 rings (SSSR count). The second-order valence-electron chi connectivity index (χ2n) is 6.94. The van der Waals surface area contributed by atoms with E-state index in [4.69, 9.17) is 23.2 Å². The van der Waals surface area contributed by atoms with Gasteiger partial charge in [-0.1, -0.05) is 41.4 Å². The highest BCUT2D eigenvalue weighted by molar-refractivity contribution is 6.42. The quantitative estimate of drug-likeness (QED) is 0.609. The third-order valence-corrected chi connectivity index (χ3v) is 5.72. The summed E-state index contributed by atoms with van der Waals surface area (Å²) in [6.07, 6.45) is 0.404. The summed E-state index contributed by atoms with van der Waals surface area (Å²) in [5.41, 5.74) is 1.40. The standard InChI is InChI=1S/C20H18Cl2N6O2/c1-12(18-24-25-26-28(18)13-5-3-2-4-6-13)23-19(29)15-9-10-27(20(15)30)14-7-8-16(21)17(22)11-14/h2-8,11-12,15H,9-10H2,1H3,(H,23,29). The van der Waals surface area contributed by atoms with Crippen LogP contribution >= 0.6 is 23.2 Å². The van der Waals surface area contributed by atoms with Crippen molar-refractivity contribution in [2.75, 3.05) is 11.4 Å². The van der Waals surface area contributed by atoms with Crippen LogP contribution in [0.15, 0.2) is 48.5 Å². The van der Waals surface area contributed by atoms with Crippen molar-refractivity contribution >= 4 is 40.7 Å². The Hall–Kier alpha value is -2.97. The highest BCUT2D eigenvalue weighted by atomic mass is 35.5. The monoisotopic (exact) mass is 444 g/mol. The molecule has 1 aromatic heterocycles. The lowest BCUT2D eigenvalue weighted by Crippen LogP contribution is -2.38. The number of nitrogens with zero attached hydrogens (tertiary/aromatic N) is 5. The minimum atomic E-state index is -0.789. The second-order valence-corrected chi connectivity index (χ2v) is 7.76. The molecule has 10 heteroatoms. The Morgan fingerprint density at radius 2 is 1.90 bits per heavy atom. The number of benzene rings is 2. The van der Waals surface area contributed by atoms with E-state index < -0.39 is 12.0 Å². The van der Waals surface area contributed by atoms with Crippen molar-refractivity contribution in [2.45, 2.75) is 19.4 Å². The van der Waals surface area contributed by atoms with Crippen LogP contribution in [0.5, 0.6) is 0 Å². The highest BCUT2D eigenvalue weighted by Crippen LogP contribution is 2.31. The van der Waals surface area contributed by atoms with Crippen molar-refractivity contribution < 1.29 is 9.59 Å². The van der Waals surface area contributed by atoms with Gasteiger partial charge in [-0.15, -0.1) is 5.10 Å². The number of carbonyl (C=O) groups is 2. The summed E-state index contributed by atoms with van der Waals surface area (Å²) in [7, 11) is 0. The molecule has 1 saturated heterocycles. The van der Waals surface area contributed by atoms with Gasteiger partial charge in [-0.2, -0.15) is 4.68 Å². The van der Waals surface area contributed by atoms with Gasteiger partial charge in [-0.25, -0.2) is 0 Å².